The molecule has 4 nitrogen and oxygen atoms in total. The van der Waals surface area contributed by atoms with Crippen molar-refractivity contribution in [2.24, 2.45) is 4.99 Å². The van der Waals surface area contributed by atoms with E-state index in [1.165, 1.54) is 0 Å². The first-order valence-electron chi connectivity index (χ1n) is 5.40. The van der Waals surface area contributed by atoms with Gasteiger partial charge in [0.1, 0.15) is 6.07 Å². The van der Waals surface area contributed by atoms with Gasteiger partial charge in [0.15, 0.2) is 0 Å². The maximum atomic E-state index is 9.21. The molecule has 0 aliphatic rings. The van der Waals surface area contributed by atoms with E-state index in [9.17, 15) is 5.26 Å². The number of nitrogens with zero attached hydrogens (tertiary/aromatic N) is 3. The second-order valence-corrected chi connectivity index (χ2v) is 4.33. The molecule has 0 aliphatic carbocycles. The molecular formula is C13H18N4. The third-order valence-corrected chi connectivity index (χ3v) is 2.87. The zero-order valence-corrected chi connectivity index (χ0v) is 11.0. The van der Waals surface area contributed by atoms with Crippen LogP contribution in [0.2, 0.25) is 0 Å². The van der Waals surface area contributed by atoms with Gasteiger partial charge in [0.25, 0.3) is 0 Å². The first kappa shape index (κ1) is 13.0. The number of nitrogens with two attached hydrogens (primary N) is 1. The van der Waals surface area contributed by atoms with Gasteiger partial charge in [0.2, 0.25) is 0 Å². The summed E-state index contributed by atoms with van der Waals surface area (Å²) in [5.41, 5.74) is 10.7. The standard InChI is InChI=1S/C13H18N4/c1-8-9(2)13(16-7-17(4)5)11(6-14)10(3)12(8)15/h7H,15H2,1-5H3. The van der Waals surface area contributed by atoms with E-state index in [0.29, 0.717) is 16.9 Å². The van der Waals surface area contributed by atoms with E-state index in [1.807, 2.05) is 39.8 Å². The maximum absolute atomic E-state index is 9.21. The van der Waals surface area contributed by atoms with Crippen molar-refractivity contribution in [3.63, 3.8) is 0 Å². The van der Waals surface area contributed by atoms with Crippen molar-refractivity contribution in [3.8, 4) is 6.07 Å². The number of benzene rings is 1. The summed E-state index contributed by atoms with van der Waals surface area (Å²) in [6.07, 6.45) is 1.69. The van der Waals surface area contributed by atoms with Crippen LogP contribution in [0, 0.1) is 32.1 Å². The van der Waals surface area contributed by atoms with E-state index in [0.717, 1.165) is 16.7 Å². The maximum Gasteiger partial charge on any atom is 0.102 e. The molecule has 0 aromatic heterocycles. The number of aliphatic imine (C=N–C) groups is 1. The molecule has 1 aromatic carbocycles. The van der Waals surface area contributed by atoms with Crippen LogP contribution in [-0.2, 0) is 0 Å². The lowest BCUT2D eigenvalue weighted by molar-refractivity contribution is 0.643. The molecule has 0 radical (unpaired) electrons. The van der Waals surface area contributed by atoms with Crippen LogP contribution in [-0.4, -0.2) is 25.3 Å². The van der Waals surface area contributed by atoms with Gasteiger partial charge in [0, 0.05) is 19.8 Å². The van der Waals surface area contributed by atoms with E-state index >= 15 is 0 Å². The fraction of sp³-hybridized carbons (Fsp3) is 0.385. The summed E-state index contributed by atoms with van der Waals surface area (Å²) in [7, 11) is 3.78. The molecule has 0 saturated heterocycles. The van der Waals surface area contributed by atoms with Gasteiger partial charge < -0.3 is 10.6 Å². The number of hydrogen-bond acceptors (Lipinski definition) is 3. The SMILES string of the molecule is Cc1c(C)c(N=CN(C)C)c(C#N)c(C)c1N. The number of anilines is 1. The van der Waals surface area contributed by atoms with Crippen molar-refractivity contribution in [3.05, 3.63) is 22.3 Å². The van der Waals surface area contributed by atoms with Crippen LogP contribution in [0.1, 0.15) is 22.3 Å². The third kappa shape index (κ3) is 2.39. The minimum atomic E-state index is 0.559. The van der Waals surface area contributed by atoms with E-state index in [4.69, 9.17) is 5.73 Å². The van der Waals surface area contributed by atoms with Gasteiger partial charge in [0.05, 0.1) is 17.6 Å². The second kappa shape index (κ2) is 4.88. The molecule has 0 saturated carbocycles. The van der Waals surface area contributed by atoms with Crippen molar-refractivity contribution in [2.45, 2.75) is 20.8 Å². The quantitative estimate of drug-likeness (QED) is 0.481. The zero-order valence-electron chi connectivity index (χ0n) is 11.0. The van der Waals surface area contributed by atoms with Crippen LogP contribution in [0.4, 0.5) is 11.4 Å². The molecule has 1 aromatic rings. The van der Waals surface area contributed by atoms with Crippen molar-refractivity contribution < 1.29 is 0 Å². The van der Waals surface area contributed by atoms with Crippen LogP contribution < -0.4 is 5.73 Å². The molecule has 0 amide bonds. The van der Waals surface area contributed by atoms with Gasteiger partial charge in [-0.1, -0.05) is 0 Å². The minimum Gasteiger partial charge on any atom is -0.398 e. The van der Waals surface area contributed by atoms with Crippen molar-refractivity contribution in [2.75, 3.05) is 19.8 Å². The molecule has 90 valence electrons. The molecule has 4 heteroatoms. The van der Waals surface area contributed by atoms with Crippen LogP contribution in [0.25, 0.3) is 0 Å². The number of nitrogen functional groups attached to an aromatic ring is 1. The summed E-state index contributed by atoms with van der Waals surface area (Å²) in [6, 6.07) is 2.18. The highest BCUT2D eigenvalue weighted by Gasteiger charge is 2.14. The van der Waals surface area contributed by atoms with E-state index in [-0.39, 0.29) is 0 Å². The number of hydrogen-bond donors (Lipinski definition) is 1. The normalized spacial score (nSPS) is 10.6. The van der Waals surface area contributed by atoms with Crippen LogP contribution in [0.15, 0.2) is 4.99 Å². The predicted octanol–water partition coefficient (Wildman–Crippen LogP) is 2.29. The molecule has 0 heterocycles. The van der Waals surface area contributed by atoms with Gasteiger partial charge in [-0.05, 0) is 37.5 Å². The molecule has 17 heavy (non-hydrogen) atoms. The van der Waals surface area contributed by atoms with Crippen molar-refractivity contribution in [1.82, 2.24) is 4.90 Å². The summed E-state index contributed by atoms with van der Waals surface area (Å²) in [6.45, 7) is 5.75. The highest BCUT2D eigenvalue weighted by atomic mass is 15.1. The molecule has 0 bridgehead atoms. The monoisotopic (exact) mass is 230 g/mol. The van der Waals surface area contributed by atoms with Gasteiger partial charge >= 0.3 is 0 Å². The van der Waals surface area contributed by atoms with Crippen LogP contribution in [0.3, 0.4) is 0 Å². The molecule has 0 fully saturated rings. The Morgan fingerprint density at radius 1 is 1.18 bits per heavy atom. The third-order valence-electron chi connectivity index (χ3n) is 2.87. The van der Waals surface area contributed by atoms with E-state index in [1.54, 1.807) is 6.34 Å². The van der Waals surface area contributed by atoms with Gasteiger partial charge in [-0.2, -0.15) is 5.26 Å². The number of rotatable bonds is 2. The lowest BCUT2D eigenvalue weighted by Gasteiger charge is -2.14. The summed E-state index contributed by atoms with van der Waals surface area (Å²) in [5.74, 6) is 0. The van der Waals surface area contributed by atoms with Gasteiger partial charge in [-0.15, -0.1) is 0 Å². The van der Waals surface area contributed by atoms with E-state index in [2.05, 4.69) is 11.1 Å². The summed E-state index contributed by atoms with van der Waals surface area (Å²) in [5, 5.41) is 9.21. The first-order chi connectivity index (χ1) is 7.90. The largest absolute Gasteiger partial charge is 0.398 e. The Morgan fingerprint density at radius 3 is 2.24 bits per heavy atom. The van der Waals surface area contributed by atoms with Crippen molar-refractivity contribution in [1.29, 1.82) is 5.26 Å². The zero-order chi connectivity index (χ0) is 13.2. The molecular weight excluding hydrogens is 212 g/mol. The smallest absolute Gasteiger partial charge is 0.102 e. The Labute approximate surface area is 102 Å². The summed E-state index contributed by atoms with van der Waals surface area (Å²) < 4.78 is 0. The van der Waals surface area contributed by atoms with Crippen LogP contribution in [0.5, 0.6) is 0 Å². The Balaban J connectivity index is 3.54. The van der Waals surface area contributed by atoms with Gasteiger partial charge in [-0.25, -0.2) is 4.99 Å². The Hall–Kier alpha value is -2.02. The highest BCUT2D eigenvalue weighted by molar-refractivity contribution is 5.76. The lowest BCUT2D eigenvalue weighted by atomic mass is 9.96. The average Bonchev–Trinajstić information content (AvgIpc) is 2.29. The lowest BCUT2D eigenvalue weighted by Crippen LogP contribution is -2.08. The molecule has 1 rings (SSSR count). The molecule has 0 atom stereocenters. The average molecular weight is 230 g/mol. The second-order valence-electron chi connectivity index (χ2n) is 4.33. The summed E-state index contributed by atoms with van der Waals surface area (Å²) in [4.78, 5) is 6.20. The highest BCUT2D eigenvalue weighted by Crippen LogP contribution is 2.34. The molecule has 0 spiro atoms. The Bertz CT molecular complexity index is 507. The predicted molar refractivity (Wildman–Crippen MR) is 71.6 cm³/mol. The fourth-order valence-corrected chi connectivity index (χ4v) is 1.63. The Morgan fingerprint density at radius 2 is 1.76 bits per heavy atom. The Kier molecular flexibility index (Phi) is 3.74. The van der Waals surface area contributed by atoms with Crippen LogP contribution >= 0.6 is 0 Å². The van der Waals surface area contributed by atoms with Gasteiger partial charge in [-0.3, -0.25) is 0 Å². The van der Waals surface area contributed by atoms with E-state index < -0.39 is 0 Å². The number of nitriles is 1. The summed E-state index contributed by atoms with van der Waals surface area (Å²) >= 11 is 0. The topological polar surface area (TPSA) is 65.4 Å². The molecule has 0 aliphatic heterocycles. The molecule has 2 N–H and O–H groups in total. The first-order valence-corrected chi connectivity index (χ1v) is 5.40. The fourth-order valence-electron chi connectivity index (χ4n) is 1.63. The minimum absolute atomic E-state index is 0.559. The molecule has 0 unspecified atom stereocenters. The van der Waals surface area contributed by atoms with Crippen molar-refractivity contribution >= 4 is 17.7 Å².